The SMILES string of the molecule is Cc1nc(CN2C[C@@H]3CN(S(=O)(=O)c4cn(C)cn4)C[C@@H]3C2=O)cs1. The molecule has 0 bridgehead atoms. The average Bonchev–Trinajstić information content (AvgIpc) is 3.29. The highest BCUT2D eigenvalue weighted by molar-refractivity contribution is 7.89. The van der Waals surface area contributed by atoms with Crippen LogP contribution in [0.4, 0.5) is 0 Å². The zero-order valence-corrected chi connectivity index (χ0v) is 15.6. The van der Waals surface area contributed by atoms with Crippen LogP contribution >= 0.6 is 11.3 Å². The number of hydrogen-bond acceptors (Lipinski definition) is 6. The van der Waals surface area contributed by atoms with Crippen LogP contribution in [0.1, 0.15) is 10.7 Å². The van der Waals surface area contributed by atoms with Crippen LogP contribution in [0.5, 0.6) is 0 Å². The van der Waals surface area contributed by atoms with Gasteiger partial charge in [0.2, 0.25) is 5.91 Å². The van der Waals surface area contributed by atoms with Gasteiger partial charge in [0.25, 0.3) is 10.0 Å². The van der Waals surface area contributed by atoms with Crippen molar-refractivity contribution in [2.75, 3.05) is 19.6 Å². The quantitative estimate of drug-likeness (QED) is 0.768. The molecule has 0 aliphatic carbocycles. The van der Waals surface area contributed by atoms with E-state index in [9.17, 15) is 13.2 Å². The van der Waals surface area contributed by atoms with Gasteiger partial charge in [0.05, 0.1) is 29.5 Å². The smallest absolute Gasteiger partial charge is 0.262 e. The molecule has 2 saturated heterocycles. The Morgan fingerprint density at radius 3 is 2.72 bits per heavy atom. The van der Waals surface area contributed by atoms with Crippen LogP contribution in [-0.4, -0.2) is 57.7 Å². The maximum absolute atomic E-state index is 12.7. The van der Waals surface area contributed by atoms with Crippen molar-refractivity contribution in [2.24, 2.45) is 18.9 Å². The third kappa shape index (κ3) is 2.87. The van der Waals surface area contributed by atoms with Crippen molar-refractivity contribution in [1.29, 1.82) is 0 Å². The summed E-state index contributed by atoms with van der Waals surface area (Å²) in [6.45, 7) is 3.61. The first-order chi connectivity index (χ1) is 11.8. The van der Waals surface area contributed by atoms with Crippen LogP contribution in [0.15, 0.2) is 22.9 Å². The molecule has 2 atom stereocenters. The topological polar surface area (TPSA) is 88.4 Å². The summed E-state index contributed by atoms with van der Waals surface area (Å²) < 4.78 is 28.4. The van der Waals surface area contributed by atoms with Gasteiger partial charge in [0, 0.05) is 44.2 Å². The molecule has 0 saturated carbocycles. The Hall–Kier alpha value is -1.78. The summed E-state index contributed by atoms with van der Waals surface area (Å²) in [4.78, 5) is 22.8. The van der Waals surface area contributed by atoms with Crippen LogP contribution in [0, 0.1) is 18.8 Å². The van der Waals surface area contributed by atoms with E-state index in [1.54, 1.807) is 27.9 Å². The van der Waals surface area contributed by atoms with Crippen molar-refractivity contribution >= 4 is 27.3 Å². The first kappa shape index (κ1) is 16.7. The molecule has 134 valence electrons. The monoisotopic (exact) mass is 381 g/mol. The molecule has 2 aliphatic rings. The summed E-state index contributed by atoms with van der Waals surface area (Å²) in [5.41, 5.74) is 0.897. The lowest BCUT2D eigenvalue weighted by Crippen LogP contribution is -2.35. The minimum absolute atomic E-state index is 0.0226. The Morgan fingerprint density at radius 2 is 2.12 bits per heavy atom. The maximum Gasteiger partial charge on any atom is 0.262 e. The van der Waals surface area contributed by atoms with E-state index in [0.717, 1.165) is 10.7 Å². The molecular weight excluding hydrogens is 362 g/mol. The molecule has 25 heavy (non-hydrogen) atoms. The maximum atomic E-state index is 12.7. The van der Waals surface area contributed by atoms with E-state index in [2.05, 4.69) is 9.97 Å². The average molecular weight is 381 g/mol. The lowest BCUT2D eigenvalue weighted by atomic mass is 10.0. The van der Waals surface area contributed by atoms with Crippen molar-refractivity contribution in [3.8, 4) is 0 Å². The zero-order valence-electron chi connectivity index (χ0n) is 14.0. The molecule has 2 aromatic rings. The molecule has 4 heterocycles. The molecule has 10 heteroatoms. The number of imidazole rings is 1. The van der Waals surface area contributed by atoms with E-state index in [4.69, 9.17) is 0 Å². The van der Waals surface area contributed by atoms with Gasteiger partial charge in [-0.2, -0.15) is 4.31 Å². The molecule has 0 spiro atoms. The van der Waals surface area contributed by atoms with Gasteiger partial charge in [0.1, 0.15) is 0 Å². The Morgan fingerprint density at radius 1 is 1.32 bits per heavy atom. The molecule has 0 N–H and O–H groups in total. The fraction of sp³-hybridized carbons (Fsp3) is 0.533. The number of hydrogen-bond donors (Lipinski definition) is 0. The van der Waals surface area contributed by atoms with Gasteiger partial charge < -0.3 is 9.47 Å². The van der Waals surface area contributed by atoms with Gasteiger partial charge >= 0.3 is 0 Å². The third-order valence-electron chi connectivity index (χ3n) is 4.80. The van der Waals surface area contributed by atoms with E-state index >= 15 is 0 Å². The Balaban J connectivity index is 1.47. The molecule has 2 aliphatic heterocycles. The van der Waals surface area contributed by atoms with Crippen molar-refractivity contribution in [1.82, 2.24) is 23.7 Å². The van der Waals surface area contributed by atoms with Crippen molar-refractivity contribution in [3.05, 3.63) is 28.6 Å². The molecule has 2 fully saturated rings. The van der Waals surface area contributed by atoms with Crippen LogP contribution in [0.25, 0.3) is 0 Å². The number of carbonyl (C=O) groups excluding carboxylic acids is 1. The highest BCUT2D eigenvalue weighted by Crippen LogP contribution is 2.35. The number of aryl methyl sites for hydroxylation is 2. The number of fused-ring (bicyclic) bond motifs is 1. The van der Waals surface area contributed by atoms with E-state index in [1.807, 2.05) is 12.3 Å². The van der Waals surface area contributed by atoms with Crippen LogP contribution in [0.2, 0.25) is 0 Å². The number of amides is 1. The highest BCUT2D eigenvalue weighted by atomic mass is 32.2. The summed E-state index contributed by atoms with van der Waals surface area (Å²) in [7, 11) is -1.91. The van der Waals surface area contributed by atoms with E-state index in [1.165, 1.54) is 16.8 Å². The van der Waals surface area contributed by atoms with Crippen LogP contribution < -0.4 is 0 Å². The summed E-state index contributed by atoms with van der Waals surface area (Å²) in [5, 5.41) is 2.99. The van der Waals surface area contributed by atoms with Gasteiger partial charge in [-0.3, -0.25) is 4.79 Å². The van der Waals surface area contributed by atoms with Gasteiger partial charge in [-0.05, 0) is 6.92 Å². The van der Waals surface area contributed by atoms with Gasteiger partial charge in [-0.25, -0.2) is 18.4 Å². The second-order valence-corrected chi connectivity index (χ2v) is 9.59. The minimum atomic E-state index is -3.64. The normalized spacial score (nSPS) is 24.2. The second kappa shape index (κ2) is 5.89. The predicted molar refractivity (Wildman–Crippen MR) is 91.2 cm³/mol. The molecule has 1 amide bonds. The molecule has 2 aromatic heterocycles. The zero-order chi connectivity index (χ0) is 17.8. The van der Waals surface area contributed by atoms with E-state index in [-0.39, 0.29) is 29.3 Å². The molecule has 0 aromatic carbocycles. The lowest BCUT2D eigenvalue weighted by Gasteiger charge is -2.20. The molecule has 8 nitrogen and oxygen atoms in total. The van der Waals surface area contributed by atoms with Crippen LogP contribution in [0.3, 0.4) is 0 Å². The first-order valence-corrected chi connectivity index (χ1v) is 10.3. The summed E-state index contributed by atoms with van der Waals surface area (Å²) >= 11 is 1.57. The predicted octanol–water partition coefficient (Wildman–Crippen LogP) is 0.464. The first-order valence-electron chi connectivity index (χ1n) is 8.02. The number of sulfonamides is 1. The Kier molecular flexibility index (Phi) is 3.93. The largest absolute Gasteiger partial charge is 0.339 e. The fourth-order valence-corrected chi connectivity index (χ4v) is 5.67. The second-order valence-electron chi connectivity index (χ2n) is 6.64. The van der Waals surface area contributed by atoms with Crippen molar-refractivity contribution in [2.45, 2.75) is 18.5 Å². The Labute approximate surface area is 150 Å². The highest BCUT2D eigenvalue weighted by Gasteiger charge is 2.49. The molecule has 0 radical (unpaired) electrons. The number of nitrogens with zero attached hydrogens (tertiary/aromatic N) is 5. The summed E-state index contributed by atoms with van der Waals surface area (Å²) in [5.74, 6) is -0.210. The third-order valence-corrected chi connectivity index (χ3v) is 7.34. The van der Waals surface area contributed by atoms with E-state index in [0.29, 0.717) is 19.6 Å². The molecular formula is C15H19N5O3S2. The van der Waals surface area contributed by atoms with Crippen molar-refractivity contribution in [3.63, 3.8) is 0 Å². The molecule has 4 rings (SSSR count). The van der Waals surface area contributed by atoms with Crippen molar-refractivity contribution < 1.29 is 13.2 Å². The number of thiazole rings is 1. The number of rotatable bonds is 4. The Bertz CT molecular complexity index is 919. The summed E-state index contributed by atoms with van der Waals surface area (Å²) in [6.07, 6.45) is 2.95. The standard InChI is InChI=1S/C15H19N5O3S2/c1-10-17-12(8-24-10)5-19-3-11-4-20(6-13(11)15(19)21)25(22,23)14-7-18(2)9-16-14/h7-9,11,13H,3-6H2,1-2H3/t11-,13+/m1/s1. The number of likely N-dealkylation sites (tertiary alicyclic amines) is 1. The van der Waals surface area contributed by atoms with Gasteiger partial charge in [-0.15, -0.1) is 11.3 Å². The minimum Gasteiger partial charge on any atom is -0.339 e. The lowest BCUT2D eigenvalue weighted by molar-refractivity contribution is -0.131. The van der Waals surface area contributed by atoms with Gasteiger partial charge in [-0.1, -0.05) is 0 Å². The van der Waals surface area contributed by atoms with E-state index < -0.39 is 10.0 Å². The van der Waals surface area contributed by atoms with Crippen LogP contribution in [-0.2, 0) is 28.4 Å². The fourth-order valence-electron chi connectivity index (χ4n) is 3.57. The molecule has 0 unspecified atom stereocenters. The number of aromatic nitrogens is 3. The number of carbonyl (C=O) groups is 1. The van der Waals surface area contributed by atoms with Gasteiger partial charge in [0.15, 0.2) is 5.03 Å². The summed E-state index contributed by atoms with van der Waals surface area (Å²) in [6, 6.07) is 0.